The van der Waals surface area contributed by atoms with E-state index < -0.39 is 15.9 Å². The number of piperazine rings is 1. The van der Waals surface area contributed by atoms with Gasteiger partial charge in [-0.3, -0.25) is 4.79 Å². The van der Waals surface area contributed by atoms with Crippen molar-refractivity contribution in [1.82, 2.24) is 23.9 Å². The van der Waals surface area contributed by atoms with E-state index in [1.54, 1.807) is 4.52 Å². The number of sulfonamides is 1. The number of aryl methyl sites for hydroxylation is 1. The Labute approximate surface area is 161 Å². The van der Waals surface area contributed by atoms with Gasteiger partial charge in [0.05, 0.1) is 4.90 Å². The minimum Gasteiger partial charge on any atom is -0.366 e. The van der Waals surface area contributed by atoms with Gasteiger partial charge in [0.1, 0.15) is 12.1 Å². The lowest BCUT2D eigenvalue weighted by Gasteiger charge is -2.35. The zero-order valence-electron chi connectivity index (χ0n) is 15.2. The average Bonchev–Trinajstić information content (AvgIpc) is 3.16. The second kappa shape index (κ2) is 6.84. The summed E-state index contributed by atoms with van der Waals surface area (Å²) in [4.78, 5) is 21.8. The maximum Gasteiger partial charge on any atom is 0.254 e. The number of nitrogens with two attached hydrogens (primary N) is 1. The molecule has 0 radical (unpaired) electrons. The van der Waals surface area contributed by atoms with Crippen LogP contribution < -0.4 is 10.6 Å². The lowest BCUT2D eigenvalue weighted by Crippen LogP contribution is -2.49. The number of carbonyl (C=O) groups is 1. The molecule has 2 aromatic heterocycles. The fourth-order valence-corrected chi connectivity index (χ4v) is 4.66. The number of aromatic nitrogens is 4. The van der Waals surface area contributed by atoms with Crippen LogP contribution >= 0.6 is 0 Å². The Morgan fingerprint density at radius 2 is 1.79 bits per heavy atom. The molecule has 2 N–H and O–H groups in total. The van der Waals surface area contributed by atoms with Gasteiger partial charge < -0.3 is 10.6 Å². The van der Waals surface area contributed by atoms with Gasteiger partial charge in [0.25, 0.3) is 5.78 Å². The molecule has 0 bridgehead atoms. The molecule has 11 heteroatoms. The highest BCUT2D eigenvalue weighted by Gasteiger charge is 2.29. The zero-order chi connectivity index (χ0) is 19.9. The molecule has 1 amide bonds. The monoisotopic (exact) mass is 401 g/mol. The van der Waals surface area contributed by atoms with Crippen molar-refractivity contribution in [3.8, 4) is 0 Å². The lowest BCUT2D eigenvalue weighted by molar-refractivity contribution is 0.1000. The first-order chi connectivity index (χ1) is 13.4. The van der Waals surface area contributed by atoms with Crippen molar-refractivity contribution < 1.29 is 13.2 Å². The van der Waals surface area contributed by atoms with Crippen LogP contribution in [0.2, 0.25) is 0 Å². The molecule has 0 aliphatic carbocycles. The van der Waals surface area contributed by atoms with E-state index in [9.17, 15) is 13.2 Å². The smallest absolute Gasteiger partial charge is 0.254 e. The summed E-state index contributed by atoms with van der Waals surface area (Å²) in [6.45, 7) is 3.57. The SMILES string of the molecule is Cc1cc(N2CCN(S(=O)(=O)c3ccc(C(N)=O)cc3)CC2)n2ncnc2n1. The Bertz CT molecular complexity index is 1130. The molecule has 0 atom stereocenters. The summed E-state index contributed by atoms with van der Waals surface area (Å²) in [5, 5.41) is 4.20. The Kier molecular flexibility index (Phi) is 4.47. The van der Waals surface area contributed by atoms with Crippen molar-refractivity contribution in [2.24, 2.45) is 5.73 Å². The van der Waals surface area contributed by atoms with Crippen LogP contribution in [-0.2, 0) is 10.0 Å². The number of carbonyl (C=O) groups excluding carboxylic acids is 1. The van der Waals surface area contributed by atoms with Crippen molar-refractivity contribution in [1.29, 1.82) is 0 Å². The molecule has 1 fully saturated rings. The molecule has 3 heterocycles. The van der Waals surface area contributed by atoms with E-state index in [4.69, 9.17) is 5.73 Å². The zero-order valence-corrected chi connectivity index (χ0v) is 16.0. The van der Waals surface area contributed by atoms with E-state index in [0.29, 0.717) is 32.0 Å². The quantitative estimate of drug-likeness (QED) is 0.654. The maximum absolute atomic E-state index is 12.9. The fourth-order valence-electron chi connectivity index (χ4n) is 3.23. The molecule has 0 spiro atoms. The molecule has 1 aliphatic heterocycles. The van der Waals surface area contributed by atoms with E-state index in [2.05, 4.69) is 20.0 Å². The largest absolute Gasteiger partial charge is 0.366 e. The van der Waals surface area contributed by atoms with Gasteiger partial charge in [-0.05, 0) is 31.2 Å². The summed E-state index contributed by atoms with van der Waals surface area (Å²) in [6, 6.07) is 7.58. The molecular weight excluding hydrogens is 382 g/mol. The van der Waals surface area contributed by atoms with Crippen LogP contribution in [0.1, 0.15) is 16.1 Å². The fraction of sp³-hybridized carbons (Fsp3) is 0.294. The van der Waals surface area contributed by atoms with Crippen molar-refractivity contribution in [2.45, 2.75) is 11.8 Å². The Morgan fingerprint density at radius 3 is 2.43 bits per heavy atom. The van der Waals surface area contributed by atoms with Crippen molar-refractivity contribution in [3.05, 3.63) is 47.9 Å². The number of amides is 1. The first kappa shape index (κ1) is 18.3. The molecule has 28 heavy (non-hydrogen) atoms. The van der Waals surface area contributed by atoms with Gasteiger partial charge in [-0.15, -0.1) is 0 Å². The number of primary amides is 1. The van der Waals surface area contributed by atoms with E-state index in [0.717, 1.165) is 11.5 Å². The predicted octanol–water partition coefficient (Wildman–Crippen LogP) is 0.0425. The molecule has 1 aliphatic rings. The predicted molar refractivity (Wildman–Crippen MR) is 101 cm³/mol. The van der Waals surface area contributed by atoms with Crippen LogP contribution in [0.5, 0.6) is 0 Å². The third kappa shape index (κ3) is 3.18. The van der Waals surface area contributed by atoms with Gasteiger partial charge in [0, 0.05) is 43.5 Å². The van der Waals surface area contributed by atoms with Crippen molar-refractivity contribution in [3.63, 3.8) is 0 Å². The van der Waals surface area contributed by atoms with Gasteiger partial charge in [0.15, 0.2) is 0 Å². The van der Waals surface area contributed by atoms with Crippen LogP contribution in [-0.4, -0.2) is 64.4 Å². The number of anilines is 1. The average molecular weight is 401 g/mol. The van der Waals surface area contributed by atoms with E-state index in [-0.39, 0.29) is 10.5 Å². The highest BCUT2D eigenvalue weighted by atomic mass is 32.2. The van der Waals surface area contributed by atoms with Gasteiger partial charge >= 0.3 is 0 Å². The number of hydrogen-bond acceptors (Lipinski definition) is 7. The third-order valence-corrected chi connectivity index (χ3v) is 6.61. The summed E-state index contributed by atoms with van der Waals surface area (Å²) >= 11 is 0. The second-order valence-corrected chi connectivity index (χ2v) is 8.45. The molecule has 1 saturated heterocycles. The summed E-state index contributed by atoms with van der Waals surface area (Å²) in [5.41, 5.74) is 6.30. The number of rotatable bonds is 4. The summed E-state index contributed by atoms with van der Waals surface area (Å²) in [5.74, 6) is 0.757. The lowest BCUT2D eigenvalue weighted by atomic mass is 10.2. The summed E-state index contributed by atoms with van der Waals surface area (Å²) < 4.78 is 28.9. The van der Waals surface area contributed by atoms with Crippen molar-refractivity contribution in [2.75, 3.05) is 31.1 Å². The van der Waals surface area contributed by atoms with Crippen LogP contribution in [0.15, 0.2) is 41.6 Å². The maximum atomic E-state index is 12.9. The number of benzene rings is 1. The Morgan fingerprint density at radius 1 is 1.11 bits per heavy atom. The van der Waals surface area contributed by atoms with Crippen LogP contribution in [0.25, 0.3) is 5.78 Å². The minimum atomic E-state index is -3.64. The molecule has 0 saturated carbocycles. The third-order valence-electron chi connectivity index (χ3n) is 4.70. The first-order valence-electron chi connectivity index (χ1n) is 8.68. The standard InChI is InChI=1S/C17H19N7O3S/c1-12-10-15(24-17(21-12)19-11-20-24)22-6-8-23(9-7-22)28(26,27)14-4-2-13(3-5-14)16(18)25/h2-5,10-11H,6-9H2,1H3,(H2,18,25). The molecular formula is C17H19N7O3S. The van der Waals surface area contributed by atoms with Crippen LogP contribution in [0, 0.1) is 6.92 Å². The summed E-state index contributed by atoms with van der Waals surface area (Å²) in [6.07, 6.45) is 1.45. The number of nitrogens with zero attached hydrogens (tertiary/aromatic N) is 6. The molecule has 0 unspecified atom stereocenters. The molecule has 1 aromatic carbocycles. The van der Waals surface area contributed by atoms with E-state index >= 15 is 0 Å². The summed E-state index contributed by atoms with van der Waals surface area (Å²) in [7, 11) is -3.64. The topological polar surface area (TPSA) is 127 Å². The molecule has 10 nitrogen and oxygen atoms in total. The van der Waals surface area contributed by atoms with Crippen LogP contribution in [0.3, 0.4) is 0 Å². The highest BCUT2D eigenvalue weighted by molar-refractivity contribution is 7.89. The van der Waals surface area contributed by atoms with Gasteiger partial charge in [-0.25, -0.2) is 13.4 Å². The number of hydrogen-bond donors (Lipinski definition) is 1. The van der Waals surface area contributed by atoms with Gasteiger partial charge in [-0.1, -0.05) is 0 Å². The Hall–Kier alpha value is -3.05. The molecule has 146 valence electrons. The highest BCUT2D eigenvalue weighted by Crippen LogP contribution is 2.22. The molecule has 3 aromatic rings. The normalized spacial score (nSPS) is 15.8. The first-order valence-corrected chi connectivity index (χ1v) is 10.1. The minimum absolute atomic E-state index is 0.143. The number of fused-ring (bicyclic) bond motifs is 1. The van der Waals surface area contributed by atoms with E-state index in [1.807, 2.05) is 13.0 Å². The molecule has 4 rings (SSSR count). The Balaban J connectivity index is 1.53. The van der Waals surface area contributed by atoms with E-state index in [1.165, 1.54) is 34.9 Å². The second-order valence-electron chi connectivity index (χ2n) is 6.51. The van der Waals surface area contributed by atoms with Crippen molar-refractivity contribution >= 4 is 27.5 Å². The van der Waals surface area contributed by atoms with Gasteiger partial charge in [0.2, 0.25) is 15.9 Å². The van der Waals surface area contributed by atoms with Crippen LogP contribution in [0.4, 0.5) is 5.82 Å². The van der Waals surface area contributed by atoms with Gasteiger partial charge in [-0.2, -0.15) is 18.9 Å².